The Morgan fingerprint density at radius 2 is 1.53 bits per heavy atom. The molecule has 0 radical (unpaired) electrons. The van der Waals surface area contributed by atoms with Crippen molar-refractivity contribution in [1.82, 2.24) is 0 Å². The van der Waals surface area contributed by atoms with Crippen molar-refractivity contribution < 1.29 is 0 Å². The molecule has 1 saturated carbocycles. The van der Waals surface area contributed by atoms with Crippen LogP contribution in [0.15, 0.2) is 24.3 Å². The Morgan fingerprint density at radius 3 is 2.47 bits per heavy atom. The molecule has 0 aromatic heterocycles. The number of fused-ring (bicyclic) bond motifs is 2. The topological polar surface area (TPSA) is 0 Å². The van der Waals surface area contributed by atoms with Crippen LogP contribution in [0.1, 0.15) is 44.9 Å². The van der Waals surface area contributed by atoms with E-state index in [0.29, 0.717) is 0 Å². The summed E-state index contributed by atoms with van der Waals surface area (Å²) in [6.45, 7) is 0. The van der Waals surface area contributed by atoms with Crippen LogP contribution in [0.25, 0.3) is 0 Å². The van der Waals surface area contributed by atoms with Crippen LogP contribution in [-0.4, -0.2) is 0 Å². The van der Waals surface area contributed by atoms with E-state index in [0.717, 1.165) is 23.7 Å². The van der Waals surface area contributed by atoms with Crippen LogP contribution >= 0.6 is 0 Å². The van der Waals surface area contributed by atoms with E-state index in [9.17, 15) is 0 Å². The lowest BCUT2D eigenvalue weighted by Gasteiger charge is -2.17. The molecule has 0 aliphatic heterocycles. The molecule has 0 spiro atoms. The molecule has 0 heteroatoms. The highest BCUT2D eigenvalue weighted by Gasteiger charge is 2.35. The highest BCUT2D eigenvalue weighted by Crippen LogP contribution is 2.46. The van der Waals surface area contributed by atoms with Crippen molar-refractivity contribution >= 4 is 0 Å². The zero-order chi connectivity index (χ0) is 10.1. The summed E-state index contributed by atoms with van der Waals surface area (Å²) in [4.78, 5) is 0. The molecule has 0 nitrogen and oxygen atoms in total. The maximum Gasteiger partial charge on any atom is -0.0199 e. The molecule has 3 rings (SSSR count). The maximum atomic E-state index is 2.49. The van der Waals surface area contributed by atoms with E-state index in [2.05, 4.69) is 24.3 Å². The van der Waals surface area contributed by atoms with Crippen molar-refractivity contribution in [2.24, 2.45) is 23.7 Å². The van der Waals surface area contributed by atoms with Gasteiger partial charge in [-0.1, -0.05) is 37.1 Å². The standard InChI is InChI=1S/C15H22/c1-2-6-14-11-15(14)10-4-9-13-8-3-7-12(13)5-1/h1-3,8,12-15H,4-7,9-11H2/b2-1-. The number of hydrogen-bond donors (Lipinski definition) is 0. The van der Waals surface area contributed by atoms with Gasteiger partial charge < -0.3 is 0 Å². The van der Waals surface area contributed by atoms with Gasteiger partial charge in [0.2, 0.25) is 0 Å². The summed E-state index contributed by atoms with van der Waals surface area (Å²) < 4.78 is 0. The lowest BCUT2D eigenvalue weighted by Crippen LogP contribution is -2.07. The third-order valence-corrected chi connectivity index (χ3v) is 4.65. The predicted octanol–water partition coefficient (Wildman–Crippen LogP) is 4.34. The van der Waals surface area contributed by atoms with Gasteiger partial charge in [-0.15, -0.1) is 0 Å². The first kappa shape index (κ1) is 9.69. The van der Waals surface area contributed by atoms with Gasteiger partial charge in [0.1, 0.15) is 0 Å². The summed E-state index contributed by atoms with van der Waals surface area (Å²) in [7, 11) is 0. The monoisotopic (exact) mass is 202 g/mol. The Hall–Kier alpha value is -0.520. The lowest BCUT2D eigenvalue weighted by atomic mass is 9.88. The average Bonchev–Trinajstić information content (AvgIpc) is 2.83. The largest absolute Gasteiger partial charge is 0.0882 e. The van der Waals surface area contributed by atoms with Gasteiger partial charge in [-0.05, 0) is 55.8 Å². The summed E-state index contributed by atoms with van der Waals surface area (Å²) in [5.41, 5.74) is 0. The van der Waals surface area contributed by atoms with Gasteiger partial charge in [-0.25, -0.2) is 0 Å². The summed E-state index contributed by atoms with van der Waals surface area (Å²) in [6, 6.07) is 0. The van der Waals surface area contributed by atoms with Gasteiger partial charge in [0.25, 0.3) is 0 Å². The molecule has 0 aromatic carbocycles. The van der Waals surface area contributed by atoms with Gasteiger partial charge in [-0.2, -0.15) is 0 Å². The van der Waals surface area contributed by atoms with Crippen molar-refractivity contribution in [2.75, 3.05) is 0 Å². The van der Waals surface area contributed by atoms with Crippen molar-refractivity contribution in [1.29, 1.82) is 0 Å². The Bertz CT molecular complexity index is 274. The van der Waals surface area contributed by atoms with E-state index in [1.54, 1.807) is 0 Å². The zero-order valence-corrected chi connectivity index (χ0v) is 9.57. The number of rotatable bonds is 0. The number of allylic oxidation sites excluding steroid dienone is 4. The minimum absolute atomic E-state index is 0.907. The van der Waals surface area contributed by atoms with Gasteiger partial charge in [0.05, 0.1) is 0 Å². The van der Waals surface area contributed by atoms with E-state index in [1.165, 1.54) is 44.9 Å². The van der Waals surface area contributed by atoms with E-state index >= 15 is 0 Å². The molecule has 1 fully saturated rings. The first-order valence-corrected chi connectivity index (χ1v) is 6.75. The molecule has 15 heavy (non-hydrogen) atoms. The van der Waals surface area contributed by atoms with Gasteiger partial charge in [-0.3, -0.25) is 0 Å². The number of hydrogen-bond acceptors (Lipinski definition) is 0. The molecule has 4 atom stereocenters. The molecule has 3 aliphatic rings. The molecule has 0 aromatic rings. The van der Waals surface area contributed by atoms with E-state index < -0.39 is 0 Å². The van der Waals surface area contributed by atoms with Crippen LogP contribution in [0.3, 0.4) is 0 Å². The molecule has 0 N–H and O–H groups in total. The molecule has 3 aliphatic carbocycles. The Balaban J connectivity index is 1.63. The first-order valence-electron chi connectivity index (χ1n) is 6.75. The SMILES string of the molecule is C1=CC2CCCC3CC3C/C=C\CC2C1. The van der Waals surface area contributed by atoms with Crippen LogP contribution in [-0.2, 0) is 0 Å². The third kappa shape index (κ3) is 2.19. The summed E-state index contributed by atoms with van der Waals surface area (Å²) in [5, 5.41) is 0. The van der Waals surface area contributed by atoms with E-state index in [1.807, 2.05) is 0 Å². The van der Waals surface area contributed by atoms with Crippen LogP contribution in [0.2, 0.25) is 0 Å². The maximum absolute atomic E-state index is 2.49. The molecule has 0 saturated heterocycles. The Kier molecular flexibility index (Phi) is 2.68. The van der Waals surface area contributed by atoms with Crippen LogP contribution in [0.4, 0.5) is 0 Å². The fourth-order valence-corrected chi connectivity index (χ4v) is 3.47. The van der Waals surface area contributed by atoms with Crippen LogP contribution in [0.5, 0.6) is 0 Å². The first-order chi connectivity index (χ1) is 7.43. The third-order valence-electron chi connectivity index (χ3n) is 4.65. The quantitative estimate of drug-likeness (QED) is 0.513. The van der Waals surface area contributed by atoms with E-state index in [4.69, 9.17) is 0 Å². The predicted molar refractivity (Wildman–Crippen MR) is 64.6 cm³/mol. The van der Waals surface area contributed by atoms with Crippen molar-refractivity contribution in [2.45, 2.75) is 44.9 Å². The summed E-state index contributed by atoms with van der Waals surface area (Å²) >= 11 is 0. The van der Waals surface area contributed by atoms with Gasteiger partial charge >= 0.3 is 0 Å². The summed E-state index contributed by atoms with van der Waals surface area (Å²) in [5.74, 6) is 4.01. The molecular weight excluding hydrogens is 180 g/mol. The van der Waals surface area contributed by atoms with Crippen LogP contribution in [0, 0.1) is 23.7 Å². The second-order valence-electron chi connectivity index (χ2n) is 5.72. The molecule has 0 bridgehead atoms. The second kappa shape index (κ2) is 4.15. The minimum atomic E-state index is 0.907. The lowest BCUT2D eigenvalue weighted by molar-refractivity contribution is 0.387. The smallest absolute Gasteiger partial charge is 0.0199 e. The molecular formula is C15H22. The summed E-state index contributed by atoms with van der Waals surface area (Å²) in [6.07, 6.45) is 19.8. The van der Waals surface area contributed by atoms with Gasteiger partial charge in [0, 0.05) is 0 Å². The van der Waals surface area contributed by atoms with Crippen molar-refractivity contribution in [3.8, 4) is 0 Å². The fraction of sp³-hybridized carbons (Fsp3) is 0.733. The van der Waals surface area contributed by atoms with Crippen LogP contribution < -0.4 is 0 Å². The second-order valence-corrected chi connectivity index (χ2v) is 5.72. The Morgan fingerprint density at radius 1 is 0.733 bits per heavy atom. The van der Waals surface area contributed by atoms with Crippen molar-refractivity contribution in [3.05, 3.63) is 24.3 Å². The highest BCUT2D eigenvalue weighted by atomic mass is 14.4. The Labute approximate surface area is 93.5 Å². The minimum Gasteiger partial charge on any atom is -0.0882 e. The molecule has 0 heterocycles. The highest BCUT2D eigenvalue weighted by molar-refractivity contribution is 5.04. The average molecular weight is 202 g/mol. The fourth-order valence-electron chi connectivity index (χ4n) is 3.47. The molecule has 82 valence electrons. The normalized spacial score (nSPS) is 46.4. The molecule has 0 amide bonds. The zero-order valence-electron chi connectivity index (χ0n) is 9.57. The van der Waals surface area contributed by atoms with Crippen molar-refractivity contribution in [3.63, 3.8) is 0 Å². The van der Waals surface area contributed by atoms with Gasteiger partial charge in [0.15, 0.2) is 0 Å². The van der Waals surface area contributed by atoms with E-state index in [-0.39, 0.29) is 0 Å². The molecule has 4 unspecified atom stereocenters.